The first-order valence-corrected chi connectivity index (χ1v) is 10.0. The number of hydrogen-bond acceptors (Lipinski definition) is 6. The summed E-state index contributed by atoms with van der Waals surface area (Å²) in [6, 6.07) is 3.24. The number of rotatable bonds is 6. The Bertz CT molecular complexity index is 921. The molecule has 0 bridgehead atoms. The van der Waals surface area contributed by atoms with Crippen LogP contribution in [0.3, 0.4) is 0 Å². The smallest absolute Gasteiger partial charge is 0.349 e. The summed E-state index contributed by atoms with van der Waals surface area (Å²) < 4.78 is 13.0. The number of carbonyl (C=O) groups excluding carboxylic acids is 3. The summed E-state index contributed by atoms with van der Waals surface area (Å²) in [5, 5.41) is 12.0. The van der Waals surface area contributed by atoms with Crippen molar-refractivity contribution < 1.29 is 23.9 Å². The minimum atomic E-state index is -1.18. The SMILES string of the molecule is Cc1cc(/C=C(\C#N)C(=O)O[C@@H](C)C(=O)N2CCNC2=O)c(C)n1C[C@@H]1CCCO1. The lowest BCUT2D eigenvalue weighted by atomic mass is 10.1. The third kappa shape index (κ3) is 4.54. The highest BCUT2D eigenvalue weighted by molar-refractivity contribution is 6.02. The maximum Gasteiger partial charge on any atom is 0.349 e. The standard InChI is InChI=1S/C21H26N4O5/c1-13-9-16(14(2)25(13)12-18-5-4-8-29-18)10-17(11-22)20(27)30-15(3)19(26)24-7-6-23-21(24)28/h9-10,15,18H,4-8,12H2,1-3H3,(H,23,28)/b17-10+/t15-,18-/m0/s1. The summed E-state index contributed by atoms with van der Waals surface area (Å²) in [6.45, 7) is 7.35. The van der Waals surface area contributed by atoms with Crippen LogP contribution in [-0.2, 0) is 25.6 Å². The quantitative estimate of drug-likeness (QED) is 0.430. The molecule has 0 aromatic carbocycles. The second kappa shape index (κ2) is 9.13. The van der Waals surface area contributed by atoms with Gasteiger partial charge in [0.2, 0.25) is 0 Å². The van der Waals surface area contributed by atoms with Crippen molar-refractivity contribution in [1.82, 2.24) is 14.8 Å². The molecule has 9 heteroatoms. The summed E-state index contributed by atoms with van der Waals surface area (Å²) in [6.07, 6.45) is 2.53. The zero-order valence-electron chi connectivity index (χ0n) is 17.4. The van der Waals surface area contributed by atoms with Crippen molar-refractivity contribution in [3.8, 4) is 6.07 Å². The fourth-order valence-corrected chi connectivity index (χ4v) is 3.71. The van der Waals surface area contributed by atoms with Gasteiger partial charge < -0.3 is 19.4 Å². The third-order valence-electron chi connectivity index (χ3n) is 5.42. The number of aromatic nitrogens is 1. The summed E-state index contributed by atoms with van der Waals surface area (Å²) in [7, 11) is 0. The molecule has 1 N–H and O–H groups in total. The molecule has 2 fully saturated rings. The molecule has 1 aromatic heterocycles. The van der Waals surface area contributed by atoms with Crippen molar-refractivity contribution in [2.45, 2.75) is 52.4 Å². The maximum absolute atomic E-state index is 12.5. The molecule has 0 radical (unpaired) electrons. The Labute approximate surface area is 175 Å². The normalized spacial score (nSPS) is 20.1. The van der Waals surface area contributed by atoms with Gasteiger partial charge in [0.15, 0.2) is 6.10 Å². The molecule has 0 aliphatic carbocycles. The summed E-state index contributed by atoms with van der Waals surface area (Å²) in [5.74, 6) is -1.52. The van der Waals surface area contributed by atoms with E-state index in [9.17, 15) is 19.6 Å². The lowest BCUT2D eigenvalue weighted by Crippen LogP contribution is -2.41. The van der Waals surface area contributed by atoms with E-state index in [1.165, 1.54) is 13.0 Å². The van der Waals surface area contributed by atoms with Gasteiger partial charge in [-0.2, -0.15) is 5.26 Å². The van der Waals surface area contributed by atoms with Crippen molar-refractivity contribution in [1.29, 1.82) is 5.26 Å². The van der Waals surface area contributed by atoms with Gasteiger partial charge in [-0.15, -0.1) is 0 Å². The molecule has 2 aliphatic heterocycles. The molecule has 0 spiro atoms. The predicted octanol–water partition coefficient (Wildman–Crippen LogP) is 1.67. The molecule has 0 unspecified atom stereocenters. The van der Waals surface area contributed by atoms with Crippen molar-refractivity contribution in [3.63, 3.8) is 0 Å². The Hall–Kier alpha value is -3.12. The molecule has 160 valence electrons. The molecule has 0 saturated carbocycles. The zero-order chi connectivity index (χ0) is 21.8. The van der Waals surface area contributed by atoms with Crippen LogP contribution in [0.5, 0.6) is 0 Å². The predicted molar refractivity (Wildman–Crippen MR) is 107 cm³/mol. The van der Waals surface area contributed by atoms with E-state index < -0.39 is 24.0 Å². The van der Waals surface area contributed by atoms with Crippen LogP contribution < -0.4 is 5.32 Å². The summed E-state index contributed by atoms with van der Waals surface area (Å²) in [5.41, 5.74) is 2.44. The van der Waals surface area contributed by atoms with Gasteiger partial charge in [-0.3, -0.25) is 9.69 Å². The van der Waals surface area contributed by atoms with Gasteiger partial charge in [0.05, 0.1) is 6.10 Å². The minimum Gasteiger partial charge on any atom is -0.448 e. The maximum atomic E-state index is 12.5. The molecule has 3 rings (SSSR count). The van der Waals surface area contributed by atoms with Gasteiger partial charge in [0.25, 0.3) is 5.91 Å². The van der Waals surface area contributed by atoms with E-state index in [-0.39, 0.29) is 18.2 Å². The monoisotopic (exact) mass is 414 g/mol. The van der Waals surface area contributed by atoms with E-state index in [1.54, 1.807) is 0 Å². The molecule has 30 heavy (non-hydrogen) atoms. The van der Waals surface area contributed by atoms with Crippen molar-refractivity contribution in [3.05, 3.63) is 28.6 Å². The summed E-state index contributed by atoms with van der Waals surface area (Å²) in [4.78, 5) is 37.4. The average molecular weight is 414 g/mol. The highest BCUT2D eigenvalue weighted by atomic mass is 16.5. The number of nitriles is 1. The molecule has 3 heterocycles. The van der Waals surface area contributed by atoms with Crippen LogP contribution in [0.15, 0.2) is 11.6 Å². The van der Waals surface area contributed by atoms with Crippen molar-refractivity contribution in [2.75, 3.05) is 19.7 Å². The second-order valence-electron chi connectivity index (χ2n) is 7.51. The van der Waals surface area contributed by atoms with E-state index in [4.69, 9.17) is 9.47 Å². The molecule has 2 aliphatic rings. The van der Waals surface area contributed by atoms with Crippen LogP contribution in [0.2, 0.25) is 0 Å². The fraction of sp³-hybridized carbons (Fsp3) is 0.524. The van der Waals surface area contributed by atoms with E-state index in [0.29, 0.717) is 6.54 Å². The van der Waals surface area contributed by atoms with E-state index in [2.05, 4.69) is 9.88 Å². The summed E-state index contributed by atoms with van der Waals surface area (Å²) >= 11 is 0. The van der Waals surface area contributed by atoms with E-state index in [1.807, 2.05) is 26.0 Å². The Morgan fingerprint density at radius 1 is 1.47 bits per heavy atom. The second-order valence-corrected chi connectivity index (χ2v) is 7.51. The van der Waals surface area contributed by atoms with Gasteiger partial charge in [-0.25, -0.2) is 9.59 Å². The minimum absolute atomic E-state index is 0.168. The lowest BCUT2D eigenvalue weighted by Gasteiger charge is -2.17. The third-order valence-corrected chi connectivity index (χ3v) is 5.42. The van der Waals surface area contributed by atoms with Gasteiger partial charge in [0, 0.05) is 37.6 Å². The number of carbonyl (C=O) groups is 3. The fourth-order valence-electron chi connectivity index (χ4n) is 3.71. The Morgan fingerprint density at radius 2 is 2.23 bits per heavy atom. The number of esters is 1. The number of nitrogens with one attached hydrogen (secondary N) is 1. The van der Waals surface area contributed by atoms with E-state index >= 15 is 0 Å². The number of ether oxygens (including phenoxy) is 2. The first kappa shape index (κ1) is 21.6. The van der Waals surface area contributed by atoms with Crippen LogP contribution >= 0.6 is 0 Å². The molecule has 2 atom stereocenters. The molecule has 2 saturated heterocycles. The number of urea groups is 1. The largest absolute Gasteiger partial charge is 0.448 e. The van der Waals surface area contributed by atoms with Gasteiger partial charge >= 0.3 is 12.0 Å². The molecule has 1 aromatic rings. The van der Waals surface area contributed by atoms with E-state index in [0.717, 1.165) is 47.8 Å². The average Bonchev–Trinajstić information content (AvgIpc) is 3.43. The van der Waals surface area contributed by atoms with Gasteiger partial charge in [-0.1, -0.05) is 0 Å². The lowest BCUT2D eigenvalue weighted by molar-refractivity contribution is -0.153. The number of aryl methyl sites for hydroxylation is 1. The number of amides is 3. The highest BCUT2D eigenvalue weighted by Gasteiger charge is 2.32. The topological polar surface area (TPSA) is 114 Å². The first-order valence-electron chi connectivity index (χ1n) is 10.0. The van der Waals surface area contributed by atoms with Gasteiger partial charge in [0.1, 0.15) is 11.6 Å². The van der Waals surface area contributed by atoms with Crippen LogP contribution in [0.1, 0.15) is 36.7 Å². The first-order chi connectivity index (χ1) is 14.3. The van der Waals surface area contributed by atoms with Gasteiger partial charge in [-0.05, 0) is 51.3 Å². The number of nitrogens with zero attached hydrogens (tertiary/aromatic N) is 3. The van der Waals surface area contributed by atoms with Crippen LogP contribution in [0.25, 0.3) is 6.08 Å². The Morgan fingerprint density at radius 3 is 2.83 bits per heavy atom. The molecular weight excluding hydrogens is 388 g/mol. The zero-order valence-corrected chi connectivity index (χ0v) is 17.4. The molecule has 9 nitrogen and oxygen atoms in total. The Balaban J connectivity index is 1.71. The number of hydrogen-bond donors (Lipinski definition) is 1. The Kier molecular flexibility index (Phi) is 6.57. The molecular formula is C21H26N4O5. The van der Waals surface area contributed by atoms with Crippen LogP contribution in [-0.4, -0.2) is 59.3 Å². The molecule has 3 amide bonds. The van der Waals surface area contributed by atoms with Crippen molar-refractivity contribution >= 4 is 24.0 Å². The number of imide groups is 1. The highest BCUT2D eigenvalue weighted by Crippen LogP contribution is 2.22. The van der Waals surface area contributed by atoms with Crippen LogP contribution in [0, 0.1) is 25.2 Å². The van der Waals surface area contributed by atoms with Crippen molar-refractivity contribution in [2.24, 2.45) is 0 Å². The van der Waals surface area contributed by atoms with Crippen LogP contribution in [0.4, 0.5) is 4.79 Å².